The van der Waals surface area contributed by atoms with Gasteiger partial charge >= 0.3 is 6.09 Å². The average Bonchev–Trinajstić information content (AvgIpc) is 3.36. The molecule has 6 nitrogen and oxygen atoms in total. The van der Waals surface area contributed by atoms with Crippen molar-refractivity contribution in [1.29, 1.82) is 0 Å². The fourth-order valence-electron chi connectivity index (χ4n) is 6.37. The zero-order valence-electron chi connectivity index (χ0n) is 23.9. The second kappa shape index (κ2) is 13.6. The lowest BCUT2D eigenvalue weighted by Gasteiger charge is -2.41. The number of hydrogen-bond acceptors (Lipinski definition) is 6. The Bertz CT molecular complexity index is 1200. The molecule has 2 saturated heterocycles. The summed E-state index contributed by atoms with van der Waals surface area (Å²) in [4.78, 5) is 14.4. The van der Waals surface area contributed by atoms with Gasteiger partial charge in [0.25, 0.3) is 0 Å². The molecular formula is C33H40NO5PS. The van der Waals surface area contributed by atoms with Gasteiger partial charge in [-0.1, -0.05) is 91.0 Å². The van der Waals surface area contributed by atoms with Gasteiger partial charge in [0.2, 0.25) is 0 Å². The van der Waals surface area contributed by atoms with Crippen molar-refractivity contribution in [2.45, 2.75) is 38.3 Å². The molecule has 1 unspecified atom stereocenters. The second-order valence-corrected chi connectivity index (χ2v) is 14.5. The van der Waals surface area contributed by atoms with Gasteiger partial charge in [-0.15, -0.1) is 0 Å². The Morgan fingerprint density at radius 2 is 1.37 bits per heavy atom. The highest BCUT2D eigenvalue weighted by molar-refractivity contribution is 8.09. The van der Waals surface area contributed by atoms with Crippen LogP contribution in [0, 0.1) is 11.8 Å². The first-order valence-electron chi connectivity index (χ1n) is 14.6. The standard InChI is InChI=1S/C33H40NO5PS/c1-3-38-40(41,39-4-2)25-27-23-34-31(24-36-32(34)35)22-26(27)20-21-37-33(28-14-8-5-9-15-28,29-16-10-6-11-17-29)30-18-12-7-13-19-30/h5-19,26-27,31H,3-4,20-25H2,1-2H3/t26-,27?,31-/m0/s1. The highest BCUT2D eigenvalue weighted by atomic mass is 32.5. The van der Waals surface area contributed by atoms with Crippen molar-refractivity contribution in [2.24, 2.45) is 11.8 Å². The van der Waals surface area contributed by atoms with Crippen LogP contribution in [0.2, 0.25) is 0 Å². The van der Waals surface area contributed by atoms with Crippen molar-refractivity contribution in [2.75, 3.05) is 39.1 Å². The Morgan fingerprint density at radius 3 is 1.85 bits per heavy atom. The van der Waals surface area contributed by atoms with E-state index < -0.39 is 12.1 Å². The molecule has 1 amide bonds. The number of cyclic esters (lactones) is 1. The maximum absolute atomic E-state index is 12.5. The van der Waals surface area contributed by atoms with E-state index in [4.69, 9.17) is 30.3 Å². The van der Waals surface area contributed by atoms with E-state index >= 15 is 0 Å². The Morgan fingerprint density at radius 1 is 0.854 bits per heavy atom. The molecule has 0 saturated carbocycles. The molecule has 0 bridgehead atoms. The third-order valence-corrected chi connectivity index (χ3v) is 11.5. The first kappa shape index (κ1) is 29.9. The van der Waals surface area contributed by atoms with Crippen LogP contribution in [0.1, 0.15) is 43.4 Å². The molecular weight excluding hydrogens is 553 g/mol. The molecule has 0 aliphatic carbocycles. The summed E-state index contributed by atoms with van der Waals surface area (Å²) in [5, 5.41) is 0. The predicted molar refractivity (Wildman–Crippen MR) is 166 cm³/mol. The lowest BCUT2D eigenvalue weighted by atomic mass is 9.79. The molecule has 41 heavy (non-hydrogen) atoms. The van der Waals surface area contributed by atoms with Crippen molar-refractivity contribution in [1.82, 2.24) is 4.90 Å². The Labute approximate surface area is 249 Å². The van der Waals surface area contributed by atoms with Crippen molar-refractivity contribution in [3.8, 4) is 0 Å². The van der Waals surface area contributed by atoms with Crippen LogP contribution in [-0.2, 0) is 35.9 Å². The van der Waals surface area contributed by atoms with Gasteiger partial charge in [-0.3, -0.25) is 0 Å². The number of rotatable bonds is 13. The summed E-state index contributed by atoms with van der Waals surface area (Å²) >= 11 is 5.95. The summed E-state index contributed by atoms with van der Waals surface area (Å²) in [5.41, 5.74) is 2.49. The van der Waals surface area contributed by atoms with E-state index in [1.807, 2.05) is 36.9 Å². The minimum Gasteiger partial charge on any atom is -0.447 e. The number of benzene rings is 3. The van der Waals surface area contributed by atoms with Gasteiger partial charge in [-0.2, -0.15) is 0 Å². The van der Waals surface area contributed by atoms with Crippen molar-refractivity contribution in [3.05, 3.63) is 108 Å². The summed E-state index contributed by atoms with van der Waals surface area (Å²) in [5.74, 6) is 0.429. The molecule has 8 heteroatoms. The third-order valence-electron chi connectivity index (χ3n) is 8.21. The number of fused-ring (bicyclic) bond motifs is 1. The van der Waals surface area contributed by atoms with Crippen LogP contribution in [0.15, 0.2) is 91.0 Å². The van der Waals surface area contributed by atoms with Crippen molar-refractivity contribution >= 4 is 24.4 Å². The number of carbonyl (C=O) groups is 1. The molecule has 2 fully saturated rings. The van der Waals surface area contributed by atoms with Gasteiger partial charge in [0, 0.05) is 19.3 Å². The highest BCUT2D eigenvalue weighted by Crippen LogP contribution is 2.53. The first-order chi connectivity index (χ1) is 20.0. The van der Waals surface area contributed by atoms with Gasteiger partial charge in [0.05, 0.1) is 19.3 Å². The van der Waals surface area contributed by atoms with Crippen molar-refractivity contribution in [3.63, 3.8) is 0 Å². The molecule has 2 heterocycles. The number of hydrogen-bond donors (Lipinski definition) is 0. The molecule has 3 aromatic rings. The number of carbonyl (C=O) groups excluding carboxylic acids is 1. The zero-order chi connectivity index (χ0) is 28.7. The molecule has 0 radical (unpaired) electrons. The Kier molecular flexibility index (Phi) is 9.95. The summed E-state index contributed by atoms with van der Waals surface area (Å²) in [6, 6.07) is 31.4. The van der Waals surface area contributed by atoms with E-state index in [2.05, 4.69) is 72.8 Å². The Hall–Kier alpha value is -2.54. The Balaban J connectivity index is 1.44. The quantitative estimate of drug-likeness (QED) is 0.154. The van der Waals surface area contributed by atoms with Crippen LogP contribution in [0.3, 0.4) is 0 Å². The fraction of sp³-hybridized carbons (Fsp3) is 0.424. The number of ether oxygens (including phenoxy) is 2. The number of piperidine rings is 1. The predicted octanol–water partition coefficient (Wildman–Crippen LogP) is 7.22. The summed E-state index contributed by atoms with van der Waals surface area (Å²) < 4.78 is 24.6. The van der Waals surface area contributed by atoms with E-state index in [0.29, 0.717) is 39.1 Å². The van der Waals surface area contributed by atoms with E-state index in [1.54, 1.807) is 0 Å². The normalized spacial score (nSPS) is 21.0. The summed E-state index contributed by atoms with van der Waals surface area (Å²) in [6.07, 6.45) is 2.08. The number of nitrogens with zero attached hydrogens (tertiary/aromatic N) is 1. The topological polar surface area (TPSA) is 57.2 Å². The highest BCUT2D eigenvalue weighted by Gasteiger charge is 2.45. The largest absolute Gasteiger partial charge is 0.447 e. The minimum atomic E-state index is -2.48. The summed E-state index contributed by atoms with van der Waals surface area (Å²) in [7, 11) is 0. The monoisotopic (exact) mass is 593 g/mol. The third kappa shape index (κ3) is 6.60. The van der Waals surface area contributed by atoms with E-state index in [-0.39, 0.29) is 24.0 Å². The zero-order valence-corrected chi connectivity index (χ0v) is 25.6. The molecule has 218 valence electrons. The van der Waals surface area contributed by atoms with Crippen LogP contribution in [0.4, 0.5) is 4.79 Å². The van der Waals surface area contributed by atoms with E-state index in [1.165, 1.54) is 0 Å². The molecule has 0 aromatic heterocycles. The maximum atomic E-state index is 12.5. The lowest BCUT2D eigenvalue weighted by Crippen LogP contribution is -2.47. The minimum absolute atomic E-state index is 0.0860. The summed E-state index contributed by atoms with van der Waals surface area (Å²) in [6.45, 7) is 4.04. The molecule has 3 aromatic carbocycles. The van der Waals surface area contributed by atoms with Gasteiger partial charge in [-0.05, 0) is 67.0 Å². The van der Waals surface area contributed by atoms with Crippen LogP contribution >= 0.6 is 6.49 Å². The average molecular weight is 594 g/mol. The van der Waals surface area contributed by atoms with Gasteiger partial charge in [-0.25, -0.2) is 4.79 Å². The molecule has 0 spiro atoms. The van der Waals surface area contributed by atoms with Crippen molar-refractivity contribution < 1.29 is 23.3 Å². The molecule has 3 atom stereocenters. The van der Waals surface area contributed by atoms with Crippen LogP contribution in [0.25, 0.3) is 0 Å². The second-order valence-electron chi connectivity index (χ2n) is 10.7. The lowest BCUT2D eigenvalue weighted by molar-refractivity contribution is -0.00466. The number of amides is 1. The van der Waals surface area contributed by atoms with E-state index in [9.17, 15) is 4.79 Å². The van der Waals surface area contributed by atoms with Gasteiger partial charge in [0.15, 0.2) is 6.49 Å². The van der Waals surface area contributed by atoms with E-state index in [0.717, 1.165) is 29.5 Å². The van der Waals surface area contributed by atoms with Crippen LogP contribution in [0.5, 0.6) is 0 Å². The fourth-order valence-corrected chi connectivity index (χ4v) is 9.63. The first-order valence-corrected chi connectivity index (χ1v) is 17.4. The molecule has 5 rings (SSSR count). The van der Waals surface area contributed by atoms with Gasteiger partial charge in [0.1, 0.15) is 12.2 Å². The molecule has 0 N–H and O–H groups in total. The molecule has 2 aliphatic rings. The molecule has 2 aliphatic heterocycles. The maximum Gasteiger partial charge on any atom is 0.410 e. The van der Waals surface area contributed by atoms with Gasteiger partial charge < -0.3 is 23.4 Å². The SMILES string of the molecule is CCOP(=S)(CC1CN2C(=O)OC[C@@H]2C[C@@H]1CCOC(c1ccccc1)(c1ccccc1)c1ccccc1)OCC. The van der Waals surface area contributed by atoms with Crippen LogP contribution < -0.4 is 0 Å². The van der Waals surface area contributed by atoms with Crippen LogP contribution in [-0.4, -0.2) is 56.2 Å². The smallest absolute Gasteiger partial charge is 0.410 e.